The number of anilines is 1. The summed E-state index contributed by atoms with van der Waals surface area (Å²) < 4.78 is 5.16. The number of nitrogens with zero attached hydrogens (tertiary/aromatic N) is 3. The van der Waals surface area contributed by atoms with E-state index < -0.39 is 11.8 Å². The van der Waals surface area contributed by atoms with Crippen LogP contribution in [0.3, 0.4) is 0 Å². The molecule has 0 unspecified atom stereocenters. The fraction of sp³-hybridized carbons (Fsp3) is 0.190. The molecule has 0 spiro atoms. The maximum absolute atomic E-state index is 13.2. The zero-order valence-corrected chi connectivity index (χ0v) is 15.5. The topological polar surface area (TPSA) is 93.9 Å². The van der Waals surface area contributed by atoms with Gasteiger partial charge in [-0.25, -0.2) is 4.90 Å². The lowest BCUT2D eigenvalue weighted by Crippen LogP contribution is -2.34. The zero-order valence-electron chi connectivity index (χ0n) is 15.5. The molecule has 0 saturated heterocycles. The largest absolute Gasteiger partial charge is 0.497 e. The number of hydrogen-bond donors (Lipinski definition) is 1. The van der Waals surface area contributed by atoms with Gasteiger partial charge >= 0.3 is 0 Å². The second kappa shape index (κ2) is 7.94. The molecule has 1 aliphatic rings. The van der Waals surface area contributed by atoms with E-state index in [-0.39, 0.29) is 24.4 Å². The molecule has 0 saturated carbocycles. The number of rotatable bonds is 6. The minimum absolute atomic E-state index is 0.159. The maximum Gasteiger partial charge on any atom is 0.282 e. The molecule has 0 bridgehead atoms. The summed E-state index contributed by atoms with van der Waals surface area (Å²) in [6, 6.07) is 15.1. The van der Waals surface area contributed by atoms with Crippen LogP contribution in [-0.4, -0.2) is 49.1 Å². The van der Waals surface area contributed by atoms with E-state index in [9.17, 15) is 14.7 Å². The van der Waals surface area contributed by atoms with E-state index in [4.69, 9.17) is 10.00 Å². The number of aliphatic hydroxyl groups excluding tert-OH is 1. The summed E-state index contributed by atoms with van der Waals surface area (Å²) in [4.78, 5) is 29.0. The third-order valence-corrected chi connectivity index (χ3v) is 4.51. The molecule has 7 nitrogen and oxygen atoms in total. The molecule has 7 heteroatoms. The first-order chi connectivity index (χ1) is 13.5. The van der Waals surface area contributed by atoms with Gasteiger partial charge in [0.25, 0.3) is 11.8 Å². The molecule has 3 rings (SSSR count). The summed E-state index contributed by atoms with van der Waals surface area (Å²) in [5, 5.41) is 18.3. The Morgan fingerprint density at radius 1 is 1.07 bits per heavy atom. The molecule has 2 aromatic rings. The lowest BCUT2D eigenvalue weighted by Gasteiger charge is -2.20. The highest BCUT2D eigenvalue weighted by molar-refractivity contribution is 6.45. The molecule has 142 valence electrons. The summed E-state index contributed by atoms with van der Waals surface area (Å²) in [7, 11) is 3.20. The standard InChI is InChI=1S/C21H19N3O4/c1-23(11-12-25)19-18(15-5-9-17(28-2)10-6-15)20(26)24(21(19)27)16-7-3-14(13-22)4-8-16/h3-10,25H,11-12H2,1-2H3. The number of benzene rings is 2. The Balaban J connectivity index is 2.09. The van der Waals surface area contributed by atoms with Gasteiger partial charge in [0, 0.05) is 13.6 Å². The van der Waals surface area contributed by atoms with E-state index in [0.29, 0.717) is 22.6 Å². The number of likely N-dealkylation sites (N-methyl/N-ethyl adjacent to an activating group) is 1. The van der Waals surface area contributed by atoms with Gasteiger partial charge in [0.2, 0.25) is 0 Å². The van der Waals surface area contributed by atoms with E-state index in [1.54, 1.807) is 67.6 Å². The van der Waals surface area contributed by atoms with Crippen molar-refractivity contribution in [3.8, 4) is 11.8 Å². The third kappa shape index (κ3) is 3.33. The van der Waals surface area contributed by atoms with Gasteiger partial charge < -0.3 is 14.7 Å². The van der Waals surface area contributed by atoms with Crippen LogP contribution in [0.25, 0.3) is 5.57 Å². The molecule has 0 aliphatic carbocycles. The van der Waals surface area contributed by atoms with Crippen LogP contribution in [0.1, 0.15) is 11.1 Å². The van der Waals surface area contributed by atoms with Crippen LogP contribution in [0.5, 0.6) is 5.75 Å². The first-order valence-corrected chi connectivity index (χ1v) is 8.61. The van der Waals surface area contributed by atoms with Gasteiger partial charge in [-0.3, -0.25) is 9.59 Å². The predicted octanol–water partition coefficient (Wildman–Crippen LogP) is 1.78. The van der Waals surface area contributed by atoms with Crippen molar-refractivity contribution >= 4 is 23.1 Å². The monoisotopic (exact) mass is 377 g/mol. The Kier molecular flexibility index (Phi) is 5.43. The number of hydrogen-bond acceptors (Lipinski definition) is 6. The molecule has 1 N–H and O–H groups in total. The molecule has 2 amide bonds. The van der Waals surface area contributed by atoms with Crippen LogP contribution in [-0.2, 0) is 9.59 Å². The smallest absolute Gasteiger partial charge is 0.282 e. The predicted molar refractivity (Wildman–Crippen MR) is 103 cm³/mol. The van der Waals surface area contributed by atoms with Gasteiger partial charge in [-0.1, -0.05) is 12.1 Å². The Bertz CT molecular complexity index is 972. The number of amides is 2. The molecule has 1 heterocycles. The highest BCUT2D eigenvalue weighted by Gasteiger charge is 2.41. The molecule has 0 aromatic heterocycles. The van der Waals surface area contributed by atoms with Crippen LogP contribution in [0, 0.1) is 11.3 Å². The summed E-state index contributed by atoms with van der Waals surface area (Å²) in [5.41, 5.74) is 1.87. The van der Waals surface area contributed by atoms with Crippen molar-refractivity contribution < 1.29 is 19.4 Å². The number of aliphatic hydroxyl groups is 1. The quantitative estimate of drug-likeness (QED) is 0.771. The van der Waals surface area contributed by atoms with Gasteiger partial charge in [-0.2, -0.15) is 5.26 Å². The summed E-state index contributed by atoms with van der Waals surface area (Å²) in [6.45, 7) is 0.0451. The normalized spacial score (nSPS) is 13.7. The Morgan fingerprint density at radius 3 is 2.25 bits per heavy atom. The molecule has 2 aromatic carbocycles. The van der Waals surface area contributed by atoms with E-state index in [1.807, 2.05) is 6.07 Å². The first kappa shape index (κ1) is 19.1. The van der Waals surface area contributed by atoms with Crippen molar-refractivity contribution in [2.24, 2.45) is 0 Å². The van der Waals surface area contributed by atoms with Gasteiger partial charge in [-0.05, 0) is 42.0 Å². The second-order valence-corrected chi connectivity index (χ2v) is 6.20. The van der Waals surface area contributed by atoms with Crippen LogP contribution in [0.2, 0.25) is 0 Å². The minimum atomic E-state index is -0.475. The Labute approximate surface area is 162 Å². The van der Waals surface area contributed by atoms with E-state index in [1.165, 1.54) is 0 Å². The van der Waals surface area contributed by atoms with Crippen molar-refractivity contribution in [3.05, 3.63) is 65.4 Å². The van der Waals surface area contributed by atoms with Gasteiger partial charge in [0.15, 0.2) is 0 Å². The SMILES string of the molecule is COc1ccc(C2=C(N(C)CCO)C(=O)N(c3ccc(C#N)cc3)C2=O)cc1. The average molecular weight is 377 g/mol. The zero-order chi connectivity index (χ0) is 20.3. The summed E-state index contributed by atoms with van der Waals surface area (Å²) in [6.07, 6.45) is 0. The van der Waals surface area contributed by atoms with Crippen LogP contribution < -0.4 is 9.64 Å². The number of imide groups is 1. The third-order valence-electron chi connectivity index (χ3n) is 4.51. The molecule has 0 fully saturated rings. The fourth-order valence-electron chi connectivity index (χ4n) is 3.07. The lowest BCUT2D eigenvalue weighted by atomic mass is 10.0. The summed E-state index contributed by atoms with van der Waals surface area (Å²) in [5.74, 6) is -0.300. The Hall–Kier alpha value is -3.63. The second-order valence-electron chi connectivity index (χ2n) is 6.20. The number of nitriles is 1. The van der Waals surface area contributed by atoms with Gasteiger partial charge in [-0.15, -0.1) is 0 Å². The molecular formula is C21H19N3O4. The van der Waals surface area contributed by atoms with Crippen molar-refractivity contribution in [2.75, 3.05) is 32.2 Å². The van der Waals surface area contributed by atoms with E-state index in [2.05, 4.69) is 0 Å². The van der Waals surface area contributed by atoms with Crippen molar-refractivity contribution in [2.45, 2.75) is 0 Å². The number of ether oxygens (including phenoxy) is 1. The number of carbonyl (C=O) groups is 2. The average Bonchev–Trinajstić information content (AvgIpc) is 2.98. The number of carbonyl (C=O) groups excluding carboxylic acids is 2. The molecular weight excluding hydrogens is 358 g/mol. The molecule has 1 aliphatic heterocycles. The van der Waals surface area contributed by atoms with Gasteiger partial charge in [0.05, 0.1) is 36.6 Å². The highest BCUT2D eigenvalue weighted by atomic mass is 16.5. The highest BCUT2D eigenvalue weighted by Crippen LogP contribution is 2.34. The van der Waals surface area contributed by atoms with Crippen LogP contribution >= 0.6 is 0 Å². The molecule has 28 heavy (non-hydrogen) atoms. The van der Waals surface area contributed by atoms with Crippen LogP contribution in [0.4, 0.5) is 5.69 Å². The van der Waals surface area contributed by atoms with E-state index in [0.717, 1.165) is 4.90 Å². The van der Waals surface area contributed by atoms with Gasteiger partial charge in [0.1, 0.15) is 11.4 Å². The summed E-state index contributed by atoms with van der Waals surface area (Å²) >= 11 is 0. The van der Waals surface area contributed by atoms with Crippen molar-refractivity contribution in [3.63, 3.8) is 0 Å². The number of methoxy groups -OCH3 is 1. The Morgan fingerprint density at radius 2 is 1.71 bits per heavy atom. The first-order valence-electron chi connectivity index (χ1n) is 8.61. The fourth-order valence-corrected chi connectivity index (χ4v) is 3.07. The van der Waals surface area contributed by atoms with Crippen molar-refractivity contribution in [1.29, 1.82) is 5.26 Å². The maximum atomic E-state index is 13.2. The minimum Gasteiger partial charge on any atom is -0.497 e. The lowest BCUT2D eigenvalue weighted by molar-refractivity contribution is -0.120. The molecule has 0 radical (unpaired) electrons. The molecule has 0 atom stereocenters. The van der Waals surface area contributed by atoms with Crippen molar-refractivity contribution in [1.82, 2.24) is 4.90 Å². The van der Waals surface area contributed by atoms with Crippen LogP contribution in [0.15, 0.2) is 54.2 Å². The van der Waals surface area contributed by atoms with E-state index >= 15 is 0 Å².